The molecule has 0 amide bonds. The maximum absolute atomic E-state index is 13.6. The van der Waals surface area contributed by atoms with E-state index in [-0.39, 0.29) is 24.1 Å². The lowest BCUT2D eigenvalue weighted by Gasteiger charge is -2.13. The van der Waals surface area contributed by atoms with Crippen molar-refractivity contribution in [3.05, 3.63) is 65.5 Å². The minimum absolute atomic E-state index is 0.0163. The summed E-state index contributed by atoms with van der Waals surface area (Å²) in [6, 6.07) is 13.4. The van der Waals surface area contributed by atoms with E-state index < -0.39 is 0 Å². The van der Waals surface area contributed by atoms with Gasteiger partial charge in [-0.2, -0.15) is 0 Å². The highest BCUT2D eigenvalue weighted by molar-refractivity contribution is 6.00. The number of ether oxygens (including phenoxy) is 1. The van der Waals surface area contributed by atoms with Crippen molar-refractivity contribution in [3.63, 3.8) is 0 Å². The standard InChI is InChI=1S/C17H17FO2/c1-12(2)20-17-10-6-4-8-14(17)16(19)11-13-7-3-5-9-15(13)18/h3-10,12H,11H2,1-2H3. The molecular weight excluding hydrogens is 255 g/mol. The van der Waals surface area contributed by atoms with Crippen molar-refractivity contribution in [3.8, 4) is 5.75 Å². The summed E-state index contributed by atoms with van der Waals surface area (Å²) in [5.74, 6) is 0.0401. The molecule has 3 heteroatoms. The van der Waals surface area contributed by atoms with E-state index in [1.807, 2.05) is 19.9 Å². The van der Waals surface area contributed by atoms with Crippen LogP contribution in [0.3, 0.4) is 0 Å². The number of hydrogen-bond acceptors (Lipinski definition) is 2. The summed E-state index contributed by atoms with van der Waals surface area (Å²) < 4.78 is 19.2. The lowest BCUT2D eigenvalue weighted by atomic mass is 10.0. The van der Waals surface area contributed by atoms with Crippen LogP contribution in [0.25, 0.3) is 0 Å². The van der Waals surface area contributed by atoms with Crippen LogP contribution in [0.15, 0.2) is 48.5 Å². The molecule has 2 nitrogen and oxygen atoms in total. The summed E-state index contributed by atoms with van der Waals surface area (Å²) in [4.78, 5) is 12.3. The molecule has 0 aliphatic carbocycles. The minimum atomic E-state index is -0.358. The van der Waals surface area contributed by atoms with Gasteiger partial charge in [-0.25, -0.2) is 4.39 Å². The van der Waals surface area contributed by atoms with Gasteiger partial charge in [-0.15, -0.1) is 0 Å². The van der Waals surface area contributed by atoms with Crippen LogP contribution >= 0.6 is 0 Å². The first-order chi connectivity index (χ1) is 9.58. The van der Waals surface area contributed by atoms with Crippen LogP contribution in [0.5, 0.6) is 5.75 Å². The van der Waals surface area contributed by atoms with E-state index in [0.717, 1.165) is 0 Å². The summed E-state index contributed by atoms with van der Waals surface area (Å²) in [6.45, 7) is 3.80. The van der Waals surface area contributed by atoms with Crippen molar-refractivity contribution in [2.24, 2.45) is 0 Å². The van der Waals surface area contributed by atoms with E-state index >= 15 is 0 Å². The zero-order valence-electron chi connectivity index (χ0n) is 11.6. The molecule has 0 saturated heterocycles. The van der Waals surface area contributed by atoms with Crippen LogP contribution in [-0.2, 0) is 6.42 Å². The topological polar surface area (TPSA) is 26.3 Å². The van der Waals surface area contributed by atoms with E-state index in [2.05, 4.69) is 0 Å². The first-order valence-corrected chi connectivity index (χ1v) is 6.60. The number of hydrogen-bond donors (Lipinski definition) is 0. The Kier molecular flexibility index (Phi) is 4.51. The Labute approximate surface area is 118 Å². The van der Waals surface area contributed by atoms with Crippen LogP contribution in [0.2, 0.25) is 0 Å². The smallest absolute Gasteiger partial charge is 0.171 e. The van der Waals surface area contributed by atoms with Gasteiger partial charge >= 0.3 is 0 Å². The molecule has 104 valence electrons. The van der Waals surface area contributed by atoms with Crippen molar-refractivity contribution in [1.82, 2.24) is 0 Å². The second kappa shape index (κ2) is 6.33. The van der Waals surface area contributed by atoms with Gasteiger partial charge in [0, 0.05) is 6.42 Å². The molecule has 20 heavy (non-hydrogen) atoms. The maximum Gasteiger partial charge on any atom is 0.171 e. The van der Waals surface area contributed by atoms with Crippen LogP contribution in [0.1, 0.15) is 29.8 Å². The maximum atomic E-state index is 13.6. The van der Waals surface area contributed by atoms with Gasteiger partial charge in [-0.1, -0.05) is 30.3 Å². The fourth-order valence-electron chi connectivity index (χ4n) is 1.96. The molecule has 0 saturated carbocycles. The molecule has 0 fully saturated rings. The Bertz CT molecular complexity index is 605. The van der Waals surface area contributed by atoms with Gasteiger partial charge in [0.15, 0.2) is 5.78 Å². The third-order valence-electron chi connectivity index (χ3n) is 2.86. The number of rotatable bonds is 5. The Hall–Kier alpha value is -2.16. The molecule has 0 spiro atoms. The first kappa shape index (κ1) is 14.3. The van der Waals surface area contributed by atoms with Crippen molar-refractivity contribution in [2.75, 3.05) is 0 Å². The Morgan fingerprint density at radius 1 is 1.10 bits per heavy atom. The van der Waals surface area contributed by atoms with E-state index in [4.69, 9.17) is 4.74 Å². The molecule has 2 aromatic rings. The number of ketones is 1. The molecule has 0 aliphatic rings. The molecule has 0 radical (unpaired) electrons. The first-order valence-electron chi connectivity index (χ1n) is 6.60. The van der Waals surface area contributed by atoms with E-state index in [9.17, 15) is 9.18 Å². The second-order valence-corrected chi connectivity index (χ2v) is 4.85. The van der Waals surface area contributed by atoms with Crippen molar-refractivity contribution in [2.45, 2.75) is 26.4 Å². The summed E-state index contributed by atoms with van der Waals surface area (Å²) in [6.07, 6.45) is 0.0166. The predicted molar refractivity (Wildman–Crippen MR) is 76.6 cm³/mol. The molecule has 0 atom stereocenters. The normalized spacial score (nSPS) is 10.6. The number of benzene rings is 2. The monoisotopic (exact) mass is 272 g/mol. The average Bonchev–Trinajstić information content (AvgIpc) is 2.41. The van der Waals surface area contributed by atoms with Crippen LogP contribution in [0, 0.1) is 5.82 Å². The van der Waals surface area contributed by atoms with Gasteiger partial charge in [0.25, 0.3) is 0 Å². The molecule has 0 bridgehead atoms. The number of para-hydroxylation sites is 1. The van der Waals surface area contributed by atoms with Crippen LogP contribution in [0.4, 0.5) is 4.39 Å². The predicted octanol–water partition coefficient (Wildman–Crippen LogP) is 4.04. The van der Waals surface area contributed by atoms with E-state index in [1.165, 1.54) is 6.07 Å². The summed E-state index contributed by atoms with van der Waals surface area (Å²) in [5.41, 5.74) is 0.890. The average molecular weight is 272 g/mol. The number of carbonyl (C=O) groups is 1. The fourth-order valence-corrected chi connectivity index (χ4v) is 1.96. The Morgan fingerprint density at radius 3 is 2.45 bits per heavy atom. The highest BCUT2D eigenvalue weighted by Crippen LogP contribution is 2.22. The molecule has 2 aromatic carbocycles. The number of Topliss-reactive ketones (excluding diaryl/α,β-unsaturated/α-hetero) is 1. The van der Waals surface area contributed by atoms with E-state index in [0.29, 0.717) is 16.9 Å². The fraction of sp³-hybridized carbons (Fsp3) is 0.235. The van der Waals surface area contributed by atoms with E-state index in [1.54, 1.807) is 36.4 Å². The lowest BCUT2D eigenvalue weighted by Crippen LogP contribution is -2.11. The molecule has 0 aliphatic heterocycles. The second-order valence-electron chi connectivity index (χ2n) is 4.85. The summed E-state index contributed by atoms with van der Waals surface area (Å²) in [5, 5.41) is 0. The van der Waals surface area contributed by atoms with Crippen molar-refractivity contribution < 1.29 is 13.9 Å². The van der Waals surface area contributed by atoms with Gasteiger partial charge in [-0.3, -0.25) is 4.79 Å². The molecule has 2 rings (SSSR count). The zero-order chi connectivity index (χ0) is 14.5. The van der Waals surface area contributed by atoms with Crippen molar-refractivity contribution in [1.29, 1.82) is 0 Å². The largest absolute Gasteiger partial charge is 0.490 e. The molecule has 0 aromatic heterocycles. The van der Waals surface area contributed by atoms with Gasteiger partial charge in [0.05, 0.1) is 11.7 Å². The van der Waals surface area contributed by atoms with Gasteiger partial charge in [-0.05, 0) is 37.6 Å². The quantitative estimate of drug-likeness (QED) is 0.768. The lowest BCUT2D eigenvalue weighted by molar-refractivity contribution is 0.0986. The number of carbonyl (C=O) groups excluding carboxylic acids is 1. The van der Waals surface area contributed by atoms with Gasteiger partial charge in [0.1, 0.15) is 11.6 Å². The highest BCUT2D eigenvalue weighted by atomic mass is 19.1. The van der Waals surface area contributed by atoms with Crippen LogP contribution in [-0.4, -0.2) is 11.9 Å². The summed E-state index contributed by atoms with van der Waals surface area (Å²) in [7, 11) is 0. The molecular formula is C17H17FO2. The highest BCUT2D eigenvalue weighted by Gasteiger charge is 2.15. The Morgan fingerprint density at radius 2 is 1.75 bits per heavy atom. The van der Waals surface area contributed by atoms with Crippen molar-refractivity contribution >= 4 is 5.78 Å². The zero-order valence-corrected chi connectivity index (χ0v) is 11.6. The Balaban J connectivity index is 2.23. The number of halogens is 1. The van der Waals surface area contributed by atoms with Crippen LogP contribution < -0.4 is 4.74 Å². The van der Waals surface area contributed by atoms with Gasteiger partial charge in [0.2, 0.25) is 0 Å². The SMILES string of the molecule is CC(C)Oc1ccccc1C(=O)Cc1ccccc1F. The molecule has 0 unspecified atom stereocenters. The third kappa shape index (κ3) is 3.44. The minimum Gasteiger partial charge on any atom is -0.490 e. The molecule has 0 N–H and O–H groups in total. The van der Waals surface area contributed by atoms with Gasteiger partial charge < -0.3 is 4.74 Å². The molecule has 0 heterocycles. The third-order valence-corrected chi connectivity index (χ3v) is 2.86. The summed E-state index contributed by atoms with van der Waals surface area (Å²) >= 11 is 0.